The molecule has 1 heterocycles. The molecule has 1 N–H and O–H groups in total. The fourth-order valence-corrected chi connectivity index (χ4v) is 2.38. The molecule has 3 rings (SSSR count). The number of carbonyl (C=O) groups is 2. The number of hydrogen-bond donors (Lipinski definition) is 1. The van der Waals surface area contributed by atoms with E-state index in [4.69, 9.17) is 0 Å². The molecule has 23 heavy (non-hydrogen) atoms. The number of rotatable bonds is 5. The van der Waals surface area contributed by atoms with Crippen LogP contribution in [0.1, 0.15) is 18.5 Å². The first-order valence-electron chi connectivity index (χ1n) is 7.22. The first-order valence-corrected chi connectivity index (χ1v) is 7.22. The number of benzene rings is 1. The molecule has 0 atom stereocenters. The van der Waals surface area contributed by atoms with Gasteiger partial charge in [0.2, 0.25) is 5.91 Å². The highest BCUT2D eigenvalue weighted by Gasteiger charge is 2.57. The van der Waals surface area contributed by atoms with Crippen molar-refractivity contribution in [2.45, 2.75) is 19.4 Å². The molecule has 6 nitrogen and oxygen atoms in total. The summed E-state index contributed by atoms with van der Waals surface area (Å²) in [6.45, 7) is 0.214. The van der Waals surface area contributed by atoms with Crippen LogP contribution >= 0.6 is 0 Å². The van der Waals surface area contributed by atoms with Gasteiger partial charge >= 0.3 is 5.97 Å². The summed E-state index contributed by atoms with van der Waals surface area (Å²) in [5, 5.41) is 7.03. The topological polar surface area (TPSA) is 73.2 Å². The fourth-order valence-electron chi connectivity index (χ4n) is 2.38. The Hall–Kier alpha value is -2.70. The summed E-state index contributed by atoms with van der Waals surface area (Å²) in [6.07, 6.45) is 2.74. The molecule has 1 aromatic heterocycles. The molecule has 0 bridgehead atoms. The van der Waals surface area contributed by atoms with E-state index in [0.717, 1.165) is 5.69 Å². The molecule has 1 aliphatic rings. The standard InChI is InChI=1S/C16H16FN3O3/c1-23-15(22)16(7-8-16)14(21)18-10-12-6-9-20(19-12)13-4-2-11(17)3-5-13/h2-6,9H,7-8,10H2,1H3,(H,18,21). The second-order valence-corrected chi connectivity index (χ2v) is 5.48. The van der Waals surface area contributed by atoms with Crippen LogP contribution in [0.3, 0.4) is 0 Å². The molecule has 1 aromatic carbocycles. The van der Waals surface area contributed by atoms with Crippen molar-refractivity contribution >= 4 is 11.9 Å². The normalized spacial score (nSPS) is 15.0. The number of aromatic nitrogens is 2. The fraction of sp³-hybridized carbons (Fsp3) is 0.312. The number of carbonyl (C=O) groups excluding carboxylic acids is 2. The summed E-state index contributed by atoms with van der Waals surface area (Å²) in [5.74, 6) is -1.14. The van der Waals surface area contributed by atoms with Crippen molar-refractivity contribution in [1.82, 2.24) is 15.1 Å². The number of ether oxygens (including phenoxy) is 1. The molecule has 0 radical (unpaired) electrons. The van der Waals surface area contributed by atoms with Crippen LogP contribution < -0.4 is 5.32 Å². The van der Waals surface area contributed by atoms with E-state index in [1.807, 2.05) is 0 Å². The maximum Gasteiger partial charge on any atom is 0.321 e. The van der Waals surface area contributed by atoms with Gasteiger partial charge in [0.25, 0.3) is 0 Å². The minimum atomic E-state index is -1.02. The Labute approximate surface area is 132 Å². The molecule has 0 saturated heterocycles. The van der Waals surface area contributed by atoms with Crippen molar-refractivity contribution in [3.63, 3.8) is 0 Å². The largest absolute Gasteiger partial charge is 0.468 e. The first kappa shape index (κ1) is 15.2. The van der Waals surface area contributed by atoms with Crippen molar-refractivity contribution in [2.75, 3.05) is 7.11 Å². The lowest BCUT2D eigenvalue weighted by Gasteiger charge is -2.12. The number of halogens is 1. The van der Waals surface area contributed by atoms with Crippen LogP contribution in [-0.2, 0) is 20.9 Å². The Bertz CT molecular complexity index is 735. The molecule has 2 aromatic rings. The zero-order chi connectivity index (χ0) is 16.4. The van der Waals surface area contributed by atoms with E-state index < -0.39 is 11.4 Å². The van der Waals surface area contributed by atoms with E-state index in [2.05, 4.69) is 15.2 Å². The minimum Gasteiger partial charge on any atom is -0.468 e. The van der Waals surface area contributed by atoms with Crippen LogP contribution in [0.15, 0.2) is 36.5 Å². The van der Waals surface area contributed by atoms with Crippen LogP contribution in [-0.4, -0.2) is 28.8 Å². The van der Waals surface area contributed by atoms with E-state index in [1.165, 1.54) is 19.2 Å². The Kier molecular flexibility index (Phi) is 3.85. The monoisotopic (exact) mass is 317 g/mol. The Morgan fingerprint density at radius 2 is 2.00 bits per heavy atom. The van der Waals surface area contributed by atoms with Crippen LogP contribution in [0, 0.1) is 11.2 Å². The molecule has 1 fully saturated rings. The van der Waals surface area contributed by atoms with Gasteiger partial charge < -0.3 is 10.1 Å². The van der Waals surface area contributed by atoms with E-state index >= 15 is 0 Å². The van der Waals surface area contributed by atoms with Crippen LogP contribution in [0.4, 0.5) is 4.39 Å². The smallest absolute Gasteiger partial charge is 0.321 e. The molecule has 7 heteroatoms. The highest BCUT2D eigenvalue weighted by atomic mass is 19.1. The van der Waals surface area contributed by atoms with Gasteiger partial charge in [0.05, 0.1) is 25.0 Å². The molecule has 0 aliphatic heterocycles. The molecule has 1 amide bonds. The van der Waals surface area contributed by atoms with Crippen molar-refractivity contribution in [1.29, 1.82) is 0 Å². The number of methoxy groups -OCH3 is 1. The quantitative estimate of drug-likeness (QED) is 0.671. The second-order valence-electron chi connectivity index (χ2n) is 5.48. The minimum absolute atomic E-state index is 0.214. The molecule has 0 spiro atoms. The number of nitrogens with one attached hydrogen (secondary N) is 1. The predicted molar refractivity (Wildman–Crippen MR) is 79.1 cm³/mol. The van der Waals surface area contributed by atoms with E-state index in [1.54, 1.807) is 29.1 Å². The van der Waals surface area contributed by atoms with E-state index in [-0.39, 0.29) is 18.3 Å². The van der Waals surface area contributed by atoms with Gasteiger partial charge in [-0.25, -0.2) is 9.07 Å². The number of nitrogens with zero attached hydrogens (tertiary/aromatic N) is 2. The molecular weight excluding hydrogens is 301 g/mol. The van der Waals surface area contributed by atoms with Gasteiger partial charge in [-0.3, -0.25) is 9.59 Å². The van der Waals surface area contributed by atoms with Crippen molar-refractivity contribution < 1.29 is 18.7 Å². The van der Waals surface area contributed by atoms with Gasteiger partial charge in [-0.05, 0) is 43.2 Å². The lowest BCUT2D eigenvalue weighted by atomic mass is 10.1. The predicted octanol–water partition coefficient (Wildman–Crippen LogP) is 1.58. The van der Waals surface area contributed by atoms with Crippen molar-refractivity contribution in [3.8, 4) is 5.69 Å². The van der Waals surface area contributed by atoms with Gasteiger partial charge in [0.1, 0.15) is 11.2 Å². The third kappa shape index (κ3) is 2.94. The summed E-state index contributed by atoms with van der Waals surface area (Å²) in [5.41, 5.74) is 0.342. The van der Waals surface area contributed by atoms with Crippen LogP contribution in [0.25, 0.3) is 5.69 Å². The van der Waals surface area contributed by atoms with Crippen LogP contribution in [0.5, 0.6) is 0 Å². The van der Waals surface area contributed by atoms with Crippen LogP contribution in [0.2, 0.25) is 0 Å². The number of amides is 1. The van der Waals surface area contributed by atoms with Gasteiger partial charge in [-0.2, -0.15) is 5.10 Å². The summed E-state index contributed by atoms with van der Waals surface area (Å²) in [6, 6.07) is 7.68. The van der Waals surface area contributed by atoms with E-state index in [0.29, 0.717) is 18.5 Å². The van der Waals surface area contributed by atoms with Gasteiger partial charge in [0.15, 0.2) is 0 Å². The zero-order valence-electron chi connectivity index (χ0n) is 12.6. The first-order chi connectivity index (χ1) is 11.0. The highest BCUT2D eigenvalue weighted by molar-refractivity contribution is 6.05. The maximum absolute atomic E-state index is 12.9. The third-order valence-corrected chi connectivity index (χ3v) is 3.93. The summed E-state index contributed by atoms with van der Waals surface area (Å²) in [4.78, 5) is 23.8. The SMILES string of the molecule is COC(=O)C1(C(=O)NCc2ccn(-c3ccc(F)cc3)n2)CC1. The summed E-state index contributed by atoms with van der Waals surface area (Å²) >= 11 is 0. The molecule has 0 unspecified atom stereocenters. The van der Waals surface area contributed by atoms with E-state index in [9.17, 15) is 14.0 Å². The summed E-state index contributed by atoms with van der Waals surface area (Å²) in [7, 11) is 1.28. The number of hydrogen-bond acceptors (Lipinski definition) is 4. The Balaban J connectivity index is 1.63. The Morgan fingerprint density at radius 1 is 1.30 bits per heavy atom. The molecule has 1 aliphatic carbocycles. The second kappa shape index (κ2) is 5.83. The van der Waals surface area contributed by atoms with Gasteiger partial charge in [0, 0.05) is 6.20 Å². The lowest BCUT2D eigenvalue weighted by Crippen LogP contribution is -2.37. The van der Waals surface area contributed by atoms with Gasteiger partial charge in [-0.1, -0.05) is 0 Å². The molecular formula is C16H16FN3O3. The average Bonchev–Trinajstić information content (AvgIpc) is 3.25. The molecule has 120 valence electrons. The van der Waals surface area contributed by atoms with Gasteiger partial charge in [-0.15, -0.1) is 0 Å². The lowest BCUT2D eigenvalue weighted by molar-refractivity contribution is -0.152. The number of esters is 1. The Morgan fingerprint density at radius 3 is 2.61 bits per heavy atom. The third-order valence-electron chi connectivity index (χ3n) is 3.93. The van der Waals surface area contributed by atoms with Crippen molar-refractivity contribution in [2.24, 2.45) is 5.41 Å². The van der Waals surface area contributed by atoms with Crippen molar-refractivity contribution in [3.05, 3.63) is 48.0 Å². The maximum atomic E-state index is 12.9. The molecule has 1 saturated carbocycles. The highest BCUT2D eigenvalue weighted by Crippen LogP contribution is 2.46. The average molecular weight is 317 g/mol. The summed E-state index contributed by atoms with van der Waals surface area (Å²) < 4.78 is 19.2. The zero-order valence-corrected chi connectivity index (χ0v) is 12.6.